The molecule has 3 aromatic rings. The number of nitrogens with one attached hydrogen (secondary N) is 1. The second-order valence-corrected chi connectivity index (χ2v) is 9.15. The lowest BCUT2D eigenvalue weighted by Crippen LogP contribution is -2.26. The standard InChI is InChI=1S/C22H22ClFN4O5S/c1-13-8-16(33-34(24,29)30)4-5-19(13)32-21-17(23)11-25-22(27-21)26-18-9-15-12-28(2)7-6-14(15)10-20(18)31-3/h4-5,8-11H,6-7,12H2,1-3H3,(H,25,26,27). The van der Waals surface area contributed by atoms with Crippen LogP contribution in [0.25, 0.3) is 0 Å². The molecule has 0 amide bonds. The summed E-state index contributed by atoms with van der Waals surface area (Å²) in [5, 5.41) is 3.32. The summed E-state index contributed by atoms with van der Waals surface area (Å²) in [5.41, 5.74) is 3.61. The molecule has 180 valence electrons. The van der Waals surface area contributed by atoms with Gasteiger partial charge in [-0.15, -0.1) is 0 Å². The zero-order valence-corrected chi connectivity index (χ0v) is 20.2. The Bertz CT molecular complexity index is 1340. The average molecular weight is 509 g/mol. The van der Waals surface area contributed by atoms with Gasteiger partial charge in [0.2, 0.25) is 11.8 Å². The first kappa shape index (κ1) is 24.0. The van der Waals surface area contributed by atoms with Crippen LogP contribution in [0.15, 0.2) is 36.5 Å². The van der Waals surface area contributed by atoms with Crippen molar-refractivity contribution in [2.24, 2.45) is 0 Å². The lowest BCUT2D eigenvalue weighted by atomic mass is 9.99. The molecule has 0 fully saturated rings. The third kappa shape index (κ3) is 5.66. The number of benzene rings is 2. The van der Waals surface area contributed by atoms with Gasteiger partial charge in [0.15, 0.2) is 0 Å². The van der Waals surface area contributed by atoms with Crippen LogP contribution in [0.5, 0.6) is 23.1 Å². The van der Waals surface area contributed by atoms with Crippen LogP contribution >= 0.6 is 11.6 Å². The van der Waals surface area contributed by atoms with Crippen LogP contribution in [0.4, 0.5) is 15.5 Å². The maximum atomic E-state index is 12.8. The lowest BCUT2D eigenvalue weighted by molar-refractivity contribution is 0.312. The smallest absolute Gasteiger partial charge is 0.488 e. The summed E-state index contributed by atoms with van der Waals surface area (Å²) in [5.74, 6) is 1.12. The van der Waals surface area contributed by atoms with Gasteiger partial charge in [0.05, 0.1) is 19.0 Å². The van der Waals surface area contributed by atoms with Gasteiger partial charge in [0, 0.05) is 13.1 Å². The highest BCUT2D eigenvalue weighted by Crippen LogP contribution is 2.35. The van der Waals surface area contributed by atoms with E-state index in [1.165, 1.54) is 35.5 Å². The highest BCUT2D eigenvalue weighted by molar-refractivity contribution is 7.81. The number of hydrogen-bond acceptors (Lipinski definition) is 9. The summed E-state index contributed by atoms with van der Waals surface area (Å²) in [6.07, 6.45) is 2.34. The van der Waals surface area contributed by atoms with Gasteiger partial charge in [-0.3, -0.25) is 0 Å². The summed E-state index contributed by atoms with van der Waals surface area (Å²) in [6, 6.07) is 8.02. The fourth-order valence-electron chi connectivity index (χ4n) is 3.61. The summed E-state index contributed by atoms with van der Waals surface area (Å²) in [6.45, 7) is 3.45. The maximum Gasteiger partial charge on any atom is 0.488 e. The summed E-state index contributed by atoms with van der Waals surface area (Å²) in [4.78, 5) is 10.8. The predicted octanol–water partition coefficient (Wildman–Crippen LogP) is 4.56. The average Bonchev–Trinajstić information content (AvgIpc) is 2.76. The van der Waals surface area contributed by atoms with Gasteiger partial charge < -0.3 is 23.9 Å². The van der Waals surface area contributed by atoms with Crippen molar-refractivity contribution < 1.29 is 26.0 Å². The summed E-state index contributed by atoms with van der Waals surface area (Å²) >= 11 is 6.23. The molecule has 0 unspecified atom stereocenters. The number of nitrogens with zero attached hydrogens (tertiary/aromatic N) is 3. The minimum absolute atomic E-state index is 0.0747. The van der Waals surface area contributed by atoms with Crippen LogP contribution in [-0.4, -0.2) is 44.0 Å². The van der Waals surface area contributed by atoms with Crippen LogP contribution in [-0.2, 0) is 23.5 Å². The molecule has 0 radical (unpaired) electrons. The first-order chi connectivity index (χ1) is 16.1. The molecule has 0 saturated carbocycles. The predicted molar refractivity (Wildman–Crippen MR) is 125 cm³/mol. The van der Waals surface area contributed by atoms with E-state index < -0.39 is 10.5 Å². The molecule has 1 aliphatic rings. The number of halogens is 2. The van der Waals surface area contributed by atoms with E-state index in [0.29, 0.717) is 22.7 Å². The van der Waals surface area contributed by atoms with E-state index in [1.54, 1.807) is 14.0 Å². The van der Waals surface area contributed by atoms with Gasteiger partial charge in [-0.25, -0.2) is 4.98 Å². The van der Waals surface area contributed by atoms with Gasteiger partial charge in [0.1, 0.15) is 22.3 Å². The Balaban J connectivity index is 1.58. The highest BCUT2D eigenvalue weighted by atomic mass is 35.5. The molecule has 0 spiro atoms. The van der Waals surface area contributed by atoms with Crippen LogP contribution in [0.2, 0.25) is 5.02 Å². The minimum Gasteiger partial charge on any atom is -0.495 e. The number of fused-ring (bicyclic) bond motifs is 1. The fraction of sp³-hybridized carbons (Fsp3) is 0.273. The fourth-order valence-corrected chi connectivity index (χ4v) is 4.07. The van der Waals surface area contributed by atoms with E-state index in [9.17, 15) is 12.3 Å². The number of methoxy groups -OCH3 is 1. The van der Waals surface area contributed by atoms with Crippen LogP contribution in [0.3, 0.4) is 0 Å². The van der Waals surface area contributed by atoms with Gasteiger partial charge in [0.25, 0.3) is 0 Å². The van der Waals surface area contributed by atoms with E-state index >= 15 is 0 Å². The van der Waals surface area contributed by atoms with Crippen molar-refractivity contribution in [3.63, 3.8) is 0 Å². The van der Waals surface area contributed by atoms with Gasteiger partial charge in [-0.1, -0.05) is 15.5 Å². The van der Waals surface area contributed by atoms with Gasteiger partial charge in [-0.05, 0) is 67.4 Å². The number of anilines is 2. The Labute approximate surface area is 201 Å². The molecule has 1 aromatic heterocycles. The molecule has 9 nitrogen and oxygen atoms in total. The van der Waals surface area contributed by atoms with Crippen molar-refractivity contribution in [3.8, 4) is 23.1 Å². The van der Waals surface area contributed by atoms with Crippen molar-refractivity contribution in [1.82, 2.24) is 14.9 Å². The Kier molecular flexibility index (Phi) is 6.78. The van der Waals surface area contributed by atoms with Crippen LogP contribution in [0.1, 0.15) is 16.7 Å². The van der Waals surface area contributed by atoms with Crippen molar-refractivity contribution in [3.05, 3.63) is 58.2 Å². The third-order valence-electron chi connectivity index (χ3n) is 5.23. The Morgan fingerprint density at radius 1 is 1.18 bits per heavy atom. The molecule has 0 atom stereocenters. The maximum absolute atomic E-state index is 12.8. The van der Waals surface area contributed by atoms with Crippen molar-refractivity contribution in [2.75, 3.05) is 26.0 Å². The monoisotopic (exact) mass is 508 g/mol. The molecule has 12 heteroatoms. The molecular formula is C22H22ClFN4O5S. The molecule has 2 heterocycles. The summed E-state index contributed by atoms with van der Waals surface area (Å²) < 4.78 is 49.7. The van der Waals surface area contributed by atoms with Crippen molar-refractivity contribution >= 4 is 33.7 Å². The quantitative estimate of drug-likeness (QED) is 0.460. The number of hydrogen-bond donors (Lipinski definition) is 1. The molecule has 1 N–H and O–H groups in total. The number of aromatic nitrogens is 2. The van der Waals surface area contributed by atoms with Crippen LogP contribution in [0, 0.1) is 6.92 Å². The molecule has 0 bridgehead atoms. The summed E-state index contributed by atoms with van der Waals surface area (Å²) in [7, 11) is -1.45. The minimum atomic E-state index is -5.13. The largest absolute Gasteiger partial charge is 0.495 e. The van der Waals surface area contributed by atoms with E-state index in [0.717, 1.165) is 19.5 Å². The number of ether oxygens (including phenoxy) is 2. The van der Waals surface area contributed by atoms with Gasteiger partial charge >= 0.3 is 10.5 Å². The Morgan fingerprint density at radius 2 is 1.97 bits per heavy atom. The molecular weight excluding hydrogens is 487 g/mol. The first-order valence-electron chi connectivity index (χ1n) is 10.2. The van der Waals surface area contributed by atoms with Crippen molar-refractivity contribution in [1.29, 1.82) is 0 Å². The molecule has 0 saturated heterocycles. The lowest BCUT2D eigenvalue weighted by Gasteiger charge is -2.26. The molecule has 0 aliphatic carbocycles. The number of likely N-dealkylation sites (N-methyl/N-ethyl adjacent to an activating group) is 1. The SMILES string of the molecule is COc1cc2c(cc1Nc1ncc(Cl)c(Oc3ccc(OS(=O)(=O)F)cc3C)n1)CN(C)CC2. The second-order valence-electron chi connectivity index (χ2n) is 7.79. The van der Waals surface area contributed by atoms with Crippen LogP contribution < -0.4 is 19.0 Å². The Morgan fingerprint density at radius 3 is 2.68 bits per heavy atom. The van der Waals surface area contributed by atoms with Crippen molar-refractivity contribution in [2.45, 2.75) is 19.9 Å². The second kappa shape index (κ2) is 9.61. The van der Waals surface area contributed by atoms with E-state index in [2.05, 4.69) is 31.4 Å². The normalized spacial score (nSPS) is 13.8. The zero-order chi connectivity index (χ0) is 24.5. The van der Waals surface area contributed by atoms with E-state index in [4.69, 9.17) is 21.1 Å². The topological polar surface area (TPSA) is 103 Å². The van der Waals surface area contributed by atoms with E-state index in [-0.39, 0.29) is 22.6 Å². The highest BCUT2D eigenvalue weighted by Gasteiger charge is 2.18. The molecule has 4 rings (SSSR count). The number of aryl methyl sites for hydroxylation is 1. The Hall–Kier alpha value is -3.15. The molecule has 1 aliphatic heterocycles. The van der Waals surface area contributed by atoms with E-state index in [1.807, 2.05) is 12.1 Å². The molecule has 34 heavy (non-hydrogen) atoms. The third-order valence-corrected chi connectivity index (χ3v) is 5.88. The zero-order valence-electron chi connectivity index (χ0n) is 18.6. The molecule has 2 aromatic carbocycles. The first-order valence-corrected chi connectivity index (χ1v) is 11.9. The van der Waals surface area contributed by atoms with Gasteiger partial charge in [-0.2, -0.15) is 13.4 Å². The number of rotatable bonds is 7.